The third kappa shape index (κ3) is 3.99. The van der Waals surface area contributed by atoms with Gasteiger partial charge in [-0.2, -0.15) is 0 Å². The highest BCUT2D eigenvalue weighted by Crippen LogP contribution is 2.23. The lowest BCUT2D eigenvalue weighted by atomic mass is 9.91. The van der Waals surface area contributed by atoms with Crippen LogP contribution in [0.3, 0.4) is 0 Å². The van der Waals surface area contributed by atoms with E-state index in [-0.39, 0.29) is 0 Å². The van der Waals surface area contributed by atoms with E-state index < -0.39 is 0 Å². The molecule has 1 fully saturated rings. The second-order valence-electron chi connectivity index (χ2n) is 5.65. The molecule has 0 radical (unpaired) electrons. The number of rotatable bonds is 5. The quantitative estimate of drug-likeness (QED) is 0.825. The molecule has 1 aromatic rings. The number of piperidine rings is 1. The molecule has 1 aliphatic heterocycles. The van der Waals surface area contributed by atoms with E-state index in [4.69, 9.17) is 4.74 Å². The van der Waals surface area contributed by atoms with Crippen LogP contribution in [0.5, 0.6) is 5.75 Å². The van der Waals surface area contributed by atoms with Crippen LogP contribution >= 0.6 is 0 Å². The summed E-state index contributed by atoms with van der Waals surface area (Å²) in [7, 11) is 1.70. The Bertz CT molecular complexity index is 444. The Kier molecular flexibility index (Phi) is 5.45. The van der Waals surface area contributed by atoms with Crippen molar-refractivity contribution in [3.63, 3.8) is 0 Å². The van der Waals surface area contributed by atoms with Gasteiger partial charge < -0.3 is 9.64 Å². The van der Waals surface area contributed by atoms with E-state index in [0.717, 1.165) is 38.1 Å². The number of nitrogens with zero attached hydrogens (tertiary/aromatic N) is 1. The molecule has 2 rings (SSSR count). The Morgan fingerprint density at radius 1 is 1.45 bits per heavy atom. The molecule has 1 aromatic carbocycles. The van der Waals surface area contributed by atoms with E-state index in [0.29, 0.717) is 18.2 Å². The van der Waals surface area contributed by atoms with E-state index in [1.807, 2.05) is 12.1 Å². The number of benzene rings is 1. The summed E-state index contributed by atoms with van der Waals surface area (Å²) in [5, 5.41) is 0. The summed E-state index contributed by atoms with van der Waals surface area (Å²) in [6.07, 6.45) is 5.01. The van der Waals surface area contributed by atoms with Crippen molar-refractivity contribution >= 4 is 5.91 Å². The first-order valence-electron chi connectivity index (χ1n) is 7.63. The summed E-state index contributed by atoms with van der Waals surface area (Å²) in [5.41, 5.74) is 1.30. The van der Waals surface area contributed by atoms with Gasteiger partial charge in [0, 0.05) is 19.5 Å². The zero-order valence-electron chi connectivity index (χ0n) is 12.6. The van der Waals surface area contributed by atoms with Crippen LogP contribution in [0.2, 0.25) is 0 Å². The second kappa shape index (κ2) is 7.32. The average Bonchev–Trinajstić information content (AvgIpc) is 2.48. The molecule has 3 heteroatoms. The van der Waals surface area contributed by atoms with Crippen LogP contribution in [0.25, 0.3) is 0 Å². The van der Waals surface area contributed by atoms with Gasteiger partial charge in [0.1, 0.15) is 5.75 Å². The number of carbonyl (C=O) groups excluding carboxylic acids is 1. The number of likely N-dealkylation sites (tertiary alicyclic amines) is 1. The van der Waals surface area contributed by atoms with Gasteiger partial charge in [-0.3, -0.25) is 4.79 Å². The van der Waals surface area contributed by atoms with E-state index in [9.17, 15) is 4.79 Å². The van der Waals surface area contributed by atoms with Gasteiger partial charge in [-0.15, -0.1) is 0 Å². The van der Waals surface area contributed by atoms with Crippen molar-refractivity contribution in [2.45, 2.75) is 39.0 Å². The largest absolute Gasteiger partial charge is 0.497 e. The summed E-state index contributed by atoms with van der Waals surface area (Å²) in [5.74, 6) is 1.82. The zero-order valence-corrected chi connectivity index (χ0v) is 12.6. The first-order valence-corrected chi connectivity index (χ1v) is 7.63. The van der Waals surface area contributed by atoms with Crippen molar-refractivity contribution in [3.8, 4) is 5.75 Å². The van der Waals surface area contributed by atoms with Crippen LogP contribution in [0, 0.1) is 5.92 Å². The molecule has 0 aromatic heterocycles. The number of ether oxygens (including phenoxy) is 1. The molecule has 3 nitrogen and oxygen atoms in total. The van der Waals surface area contributed by atoms with Gasteiger partial charge in [-0.25, -0.2) is 0 Å². The predicted octanol–water partition coefficient (Wildman–Crippen LogP) is 3.28. The first kappa shape index (κ1) is 14.9. The maximum absolute atomic E-state index is 12.0. The minimum atomic E-state index is 0.322. The van der Waals surface area contributed by atoms with Gasteiger partial charge in [-0.1, -0.05) is 19.1 Å². The van der Waals surface area contributed by atoms with E-state index >= 15 is 0 Å². The lowest BCUT2D eigenvalue weighted by molar-refractivity contribution is -0.133. The lowest BCUT2D eigenvalue weighted by Crippen LogP contribution is -2.40. The second-order valence-corrected chi connectivity index (χ2v) is 5.65. The van der Waals surface area contributed by atoms with Crippen molar-refractivity contribution in [3.05, 3.63) is 29.8 Å². The fraction of sp³-hybridized carbons (Fsp3) is 0.588. The van der Waals surface area contributed by atoms with Crippen molar-refractivity contribution in [1.29, 1.82) is 0 Å². The average molecular weight is 275 g/mol. The summed E-state index contributed by atoms with van der Waals surface area (Å²) in [6, 6.07) is 8.26. The number of hydrogen-bond acceptors (Lipinski definition) is 2. The normalized spacial score (nSPS) is 18.9. The molecule has 1 amide bonds. The number of carbonyl (C=O) groups is 1. The monoisotopic (exact) mass is 275 g/mol. The van der Waals surface area contributed by atoms with Gasteiger partial charge in [0.25, 0.3) is 0 Å². The van der Waals surface area contributed by atoms with Crippen molar-refractivity contribution in [1.82, 2.24) is 4.90 Å². The van der Waals surface area contributed by atoms with E-state index in [1.165, 1.54) is 12.0 Å². The molecular formula is C17H25NO2. The van der Waals surface area contributed by atoms with Gasteiger partial charge in [0.05, 0.1) is 7.11 Å². The number of amides is 1. The molecule has 1 unspecified atom stereocenters. The number of hydrogen-bond donors (Lipinski definition) is 0. The smallest absolute Gasteiger partial charge is 0.222 e. The Balaban J connectivity index is 1.93. The molecule has 20 heavy (non-hydrogen) atoms. The summed E-state index contributed by atoms with van der Waals surface area (Å²) in [4.78, 5) is 14.1. The van der Waals surface area contributed by atoms with Gasteiger partial charge in [0.15, 0.2) is 0 Å². The fourth-order valence-corrected chi connectivity index (χ4v) is 2.96. The summed E-state index contributed by atoms with van der Waals surface area (Å²) in [6.45, 7) is 3.92. The van der Waals surface area contributed by atoms with Crippen molar-refractivity contribution < 1.29 is 9.53 Å². The SMILES string of the molecule is CCCC(=O)N1CCCC(Cc2cccc(OC)c2)C1. The van der Waals surface area contributed by atoms with Gasteiger partial charge >= 0.3 is 0 Å². The van der Waals surface area contributed by atoms with Crippen molar-refractivity contribution in [2.24, 2.45) is 5.92 Å². The van der Waals surface area contributed by atoms with Crippen LogP contribution < -0.4 is 4.74 Å². The fourth-order valence-electron chi connectivity index (χ4n) is 2.96. The molecule has 1 atom stereocenters. The van der Waals surface area contributed by atoms with E-state index in [1.54, 1.807) is 7.11 Å². The van der Waals surface area contributed by atoms with Crippen molar-refractivity contribution in [2.75, 3.05) is 20.2 Å². The Hall–Kier alpha value is -1.51. The zero-order chi connectivity index (χ0) is 14.4. The first-order chi connectivity index (χ1) is 9.72. The van der Waals surface area contributed by atoms with Crippen LogP contribution in [-0.4, -0.2) is 31.0 Å². The van der Waals surface area contributed by atoms with Gasteiger partial charge in [0.2, 0.25) is 5.91 Å². The predicted molar refractivity (Wildman–Crippen MR) is 80.9 cm³/mol. The molecule has 0 spiro atoms. The molecule has 1 aliphatic rings. The minimum Gasteiger partial charge on any atom is -0.497 e. The van der Waals surface area contributed by atoms with E-state index in [2.05, 4.69) is 24.0 Å². The van der Waals surface area contributed by atoms with Crippen LogP contribution in [0.4, 0.5) is 0 Å². The highest BCUT2D eigenvalue weighted by Gasteiger charge is 2.23. The highest BCUT2D eigenvalue weighted by atomic mass is 16.5. The Labute approximate surface area is 121 Å². The van der Waals surface area contributed by atoms with Crippen LogP contribution in [0.15, 0.2) is 24.3 Å². The molecule has 1 heterocycles. The molecule has 0 N–H and O–H groups in total. The summed E-state index contributed by atoms with van der Waals surface area (Å²) < 4.78 is 5.27. The van der Waals surface area contributed by atoms with Crippen LogP contribution in [-0.2, 0) is 11.2 Å². The third-order valence-electron chi connectivity index (χ3n) is 3.99. The highest BCUT2D eigenvalue weighted by molar-refractivity contribution is 5.76. The molecule has 0 saturated carbocycles. The molecule has 0 aliphatic carbocycles. The third-order valence-corrected chi connectivity index (χ3v) is 3.99. The Morgan fingerprint density at radius 3 is 3.05 bits per heavy atom. The number of methoxy groups -OCH3 is 1. The molecule has 0 bridgehead atoms. The standard InChI is InChI=1S/C17H25NO2/c1-3-6-17(19)18-10-5-8-15(13-18)11-14-7-4-9-16(12-14)20-2/h4,7,9,12,15H,3,5-6,8,10-11,13H2,1-2H3. The van der Waals surface area contributed by atoms with Crippen LogP contribution in [0.1, 0.15) is 38.2 Å². The Morgan fingerprint density at radius 2 is 2.30 bits per heavy atom. The topological polar surface area (TPSA) is 29.5 Å². The molecular weight excluding hydrogens is 250 g/mol. The summed E-state index contributed by atoms with van der Waals surface area (Å²) >= 11 is 0. The maximum Gasteiger partial charge on any atom is 0.222 e. The molecule has 110 valence electrons. The minimum absolute atomic E-state index is 0.322. The molecule has 1 saturated heterocycles. The lowest BCUT2D eigenvalue weighted by Gasteiger charge is -2.33. The maximum atomic E-state index is 12.0. The van der Waals surface area contributed by atoms with Gasteiger partial charge in [-0.05, 0) is 49.3 Å².